The molecule has 5 nitrogen and oxygen atoms in total. The van der Waals surface area contributed by atoms with Gasteiger partial charge in [-0.1, -0.05) is 76.6 Å². The van der Waals surface area contributed by atoms with Crippen LogP contribution in [0.1, 0.15) is 5.56 Å². The van der Waals surface area contributed by atoms with E-state index in [0.29, 0.717) is 11.5 Å². The largest absolute Gasteiger partial charge is 0.507 e. The van der Waals surface area contributed by atoms with E-state index in [4.69, 9.17) is 9.97 Å². The number of anilines is 1. The molecule has 0 aliphatic rings. The maximum absolute atomic E-state index is 10.0. The summed E-state index contributed by atoms with van der Waals surface area (Å²) in [5, 5.41) is 16.1. The smallest absolute Gasteiger partial charge is 0.247 e. The van der Waals surface area contributed by atoms with Crippen molar-refractivity contribution in [1.29, 1.82) is 0 Å². The molecule has 0 saturated heterocycles. The molecule has 0 aliphatic carbocycles. The van der Waals surface area contributed by atoms with E-state index in [1.807, 2.05) is 66.7 Å². The van der Waals surface area contributed by atoms with Crippen LogP contribution in [0.4, 0.5) is 5.95 Å². The number of nitrogens with zero attached hydrogens (tertiary/aromatic N) is 4. The minimum atomic E-state index is 0.152. The average molecular weight is 459 g/mol. The van der Waals surface area contributed by atoms with Gasteiger partial charge in [-0.2, -0.15) is 5.10 Å². The molecule has 0 saturated carbocycles. The van der Waals surface area contributed by atoms with E-state index >= 15 is 0 Å². The molecule has 1 N–H and O–H groups in total. The van der Waals surface area contributed by atoms with Gasteiger partial charge in [-0.05, 0) is 24.3 Å². The molecule has 0 atom stereocenters. The van der Waals surface area contributed by atoms with E-state index in [0.717, 1.165) is 27.0 Å². The Morgan fingerprint density at radius 1 is 0.833 bits per heavy atom. The minimum absolute atomic E-state index is 0.152. The normalized spacial score (nSPS) is 11.0. The minimum Gasteiger partial charge on any atom is -0.507 e. The highest BCUT2D eigenvalue weighted by Gasteiger charge is 2.11. The van der Waals surface area contributed by atoms with Gasteiger partial charge < -0.3 is 5.11 Å². The summed E-state index contributed by atoms with van der Waals surface area (Å²) in [7, 11) is 1.78. The second-order valence-electron chi connectivity index (χ2n) is 6.64. The summed E-state index contributed by atoms with van der Waals surface area (Å²) in [5.41, 5.74) is 4.22. The predicted octanol–water partition coefficient (Wildman–Crippen LogP) is 5.75. The number of aromatic hydroxyl groups is 1. The molecular formula is C24H19BrN4O. The Morgan fingerprint density at radius 3 is 1.97 bits per heavy atom. The monoisotopic (exact) mass is 458 g/mol. The molecule has 1 heterocycles. The lowest BCUT2D eigenvalue weighted by atomic mass is 10.1. The molecule has 4 aromatic rings. The summed E-state index contributed by atoms with van der Waals surface area (Å²) in [6, 6.07) is 27.1. The van der Waals surface area contributed by atoms with Crippen molar-refractivity contribution in [2.45, 2.75) is 0 Å². The van der Waals surface area contributed by atoms with Crippen LogP contribution in [0.15, 0.2) is 94.5 Å². The number of halogens is 1. The van der Waals surface area contributed by atoms with Gasteiger partial charge >= 0.3 is 0 Å². The third kappa shape index (κ3) is 4.55. The molecular weight excluding hydrogens is 440 g/mol. The van der Waals surface area contributed by atoms with Crippen LogP contribution < -0.4 is 5.01 Å². The van der Waals surface area contributed by atoms with Crippen LogP contribution in [-0.4, -0.2) is 28.3 Å². The molecule has 0 fully saturated rings. The second kappa shape index (κ2) is 8.88. The van der Waals surface area contributed by atoms with Crippen LogP contribution in [0.25, 0.3) is 22.5 Å². The fourth-order valence-corrected chi connectivity index (χ4v) is 3.30. The number of phenolic OH excluding ortho intramolecular Hbond substituents is 1. The molecule has 30 heavy (non-hydrogen) atoms. The lowest BCUT2D eigenvalue weighted by Gasteiger charge is -2.14. The van der Waals surface area contributed by atoms with Crippen LogP contribution in [-0.2, 0) is 0 Å². The van der Waals surface area contributed by atoms with Gasteiger partial charge in [0.2, 0.25) is 5.95 Å². The highest BCUT2D eigenvalue weighted by molar-refractivity contribution is 9.10. The van der Waals surface area contributed by atoms with Crippen molar-refractivity contribution in [1.82, 2.24) is 9.97 Å². The van der Waals surface area contributed by atoms with E-state index in [2.05, 4.69) is 21.0 Å². The van der Waals surface area contributed by atoms with Gasteiger partial charge in [0.15, 0.2) is 0 Å². The molecule has 1 aromatic heterocycles. The van der Waals surface area contributed by atoms with Crippen LogP contribution in [0, 0.1) is 0 Å². The molecule has 148 valence electrons. The van der Waals surface area contributed by atoms with Gasteiger partial charge in [-0.25, -0.2) is 15.0 Å². The van der Waals surface area contributed by atoms with Gasteiger partial charge in [0.1, 0.15) is 5.75 Å². The molecule has 0 radical (unpaired) electrons. The lowest BCUT2D eigenvalue weighted by Crippen LogP contribution is -2.13. The van der Waals surface area contributed by atoms with E-state index in [1.54, 1.807) is 36.5 Å². The van der Waals surface area contributed by atoms with Crippen molar-refractivity contribution < 1.29 is 5.11 Å². The zero-order valence-corrected chi connectivity index (χ0v) is 17.9. The quantitative estimate of drug-likeness (QED) is 0.305. The van der Waals surface area contributed by atoms with Crippen LogP contribution in [0.5, 0.6) is 5.75 Å². The predicted molar refractivity (Wildman–Crippen MR) is 125 cm³/mol. The zero-order chi connectivity index (χ0) is 20.9. The third-order valence-corrected chi connectivity index (χ3v) is 5.00. The van der Waals surface area contributed by atoms with E-state index in [-0.39, 0.29) is 5.75 Å². The number of phenols is 1. The first-order chi connectivity index (χ1) is 14.6. The van der Waals surface area contributed by atoms with Crippen LogP contribution in [0.3, 0.4) is 0 Å². The number of benzene rings is 3. The molecule has 0 amide bonds. The molecule has 0 spiro atoms. The summed E-state index contributed by atoms with van der Waals surface area (Å²) < 4.78 is 0.859. The number of hydrazone groups is 1. The Kier molecular flexibility index (Phi) is 5.86. The fraction of sp³-hybridized carbons (Fsp3) is 0.0417. The van der Waals surface area contributed by atoms with Gasteiger partial charge in [0.25, 0.3) is 0 Å². The Hall–Kier alpha value is -3.51. The number of rotatable bonds is 5. The SMILES string of the molecule is CN(/N=C\c1cc(Br)ccc1O)c1nc(-c2ccccc2)cc(-c2ccccc2)n1. The van der Waals surface area contributed by atoms with Crippen molar-refractivity contribution >= 4 is 28.1 Å². The first-order valence-corrected chi connectivity index (χ1v) is 10.2. The number of aromatic nitrogens is 2. The highest BCUT2D eigenvalue weighted by atomic mass is 79.9. The zero-order valence-electron chi connectivity index (χ0n) is 16.3. The Labute approximate surface area is 183 Å². The van der Waals surface area contributed by atoms with E-state index < -0.39 is 0 Å². The van der Waals surface area contributed by atoms with Crippen molar-refractivity contribution in [2.75, 3.05) is 12.1 Å². The summed E-state index contributed by atoms with van der Waals surface area (Å²) in [6.45, 7) is 0. The Morgan fingerprint density at radius 2 is 1.40 bits per heavy atom. The third-order valence-electron chi connectivity index (χ3n) is 4.50. The molecule has 0 aliphatic heterocycles. The maximum atomic E-state index is 10.0. The highest BCUT2D eigenvalue weighted by Crippen LogP contribution is 2.26. The Balaban J connectivity index is 1.74. The van der Waals surface area contributed by atoms with Crippen molar-refractivity contribution in [3.8, 4) is 28.3 Å². The Bertz CT molecular complexity index is 1120. The van der Waals surface area contributed by atoms with Gasteiger partial charge in [0.05, 0.1) is 17.6 Å². The standard InChI is InChI=1S/C24H19BrN4O/c1-29(26-16-19-14-20(25)12-13-23(19)30)24-27-21(17-8-4-2-5-9-17)15-22(28-24)18-10-6-3-7-11-18/h2-16,30H,1H3/b26-16-. The molecule has 4 rings (SSSR count). The fourth-order valence-electron chi connectivity index (χ4n) is 2.92. The molecule has 6 heteroatoms. The van der Waals surface area contributed by atoms with Gasteiger partial charge in [-0.15, -0.1) is 0 Å². The van der Waals surface area contributed by atoms with Crippen LogP contribution in [0.2, 0.25) is 0 Å². The number of hydrogen-bond acceptors (Lipinski definition) is 5. The topological polar surface area (TPSA) is 61.6 Å². The van der Waals surface area contributed by atoms with E-state index in [9.17, 15) is 5.11 Å². The summed E-state index contributed by atoms with van der Waals surface area (Å²) in [6.07, 6.45) is 1.58. The average Bonchev–Trinajstić information content (AvgIpc) is 2.80. The van der Waals surface area contributed by atoms with Crippen molar-refractivity contribution in [3.63, 3.8) is 0 Å². The molecule has 0 bridgehead atoms. The van der Waals surface area contributed by atoms with Gasteiger partial charge in [-0.3, -0.25) is 0 Å². The van der Waals surface area contributed by atoms with Gasteiger partial charge in [0, 0.05) is 28.2 Å². The molecule has 3 aromatic carbocycles. The summed E-state index contributed by atoms with van der Waals surface area (Å²) >= 11 is 3.41. The van der Waals surface area contributed by atoms with Crippen molar-refractivity contribution in [3.05, 3.63) is 95.0 Å². The first-order valence-electron chi connectivity index (χ1n) is 9.36. The number of hydrogen-bond donors (Lipinski definition) is 1. The maximum Gasteiger partial charge on any atom is 0.247 e. The second-order valence-corrected chi connectivity index (χ2v) is 7.56. The molecule has 0 unspecified atom stereocenters. The van der Waals surface area contributed by atoms with Crippen LogP contribution >= 0.6 is 15.9 Å². The summed E-state index contributed by atoms with van der Waals surface area (Å²) in [4.78, 5) is 9.42. The van der Waals surface area contributed by atoms with E-state index in [1.165, 1.54) is 0 Å². The lowest BCUT2D eigenvalue weighted by molar-refractivity contribution is 0.474. The summed E-state index contributed by atoms with van der Waals surface area (Å²) in [5.74, 6) is 0.611. The van der Waals surface area contributed by atoms with Crippen molar-refractivity contribution in [2.24, 2.45) is 5.10 Å². The first kappa shape index (κ1) is 19.8.